The molecule has 0 fully saturated rings. The van der Waals surface area contributed by atoms with Crippen LogP contribution in [0.2, 0.25) is 0 Å². The Bertz CT molecular complexity index is 481. The van der Waals surface area contributed by atoms with Gasteiger partial charge in [0, 0.05) is 24.5 Å². The lowest BCUT2D eigenvalue weighted by Crippen LogP contribution is -2.24. The molecule has 106 valence electrons. The maximum atomic E-state index is 4.21. The van der Waals surface area contributed by atoms with Gasteiger partial charge in [-0.1, -0.05) is 56.2 Å². The first kappa shape index (κ1) is 14.7. The van der Waals surface area contributed by atoms with Gasteiger partial charge in [-0.3, -0.25) is 4.98 Å². The van der Waals surface area contributed by atoms with Gasteiger partial charge in [-0.2, -0.15) is 0 Å². The summed E-state index contributed by atoms with van der Waals surface area (Å²) in [5.74, 6) is 0. The average molecular weight is 268 g/mol. The second kappa shape index (κ2) is 7.81. The molecule has 1 aromatic heterocycles. The molecule has 2 heteroatoms. The molecule has 2 atom stereocenters. The fourth-order valence-corrected chi connectivity index (χ4v) is 2.47. The summed E-state index contributed by atoms with van der Waals surface area (Å²) in [4.78, 5) is 4.21. The molecule has 1 aromatic carbocycles. The Balaban J connectivity index is 2.08. The van der Waals surface area contributed by atoms with Gasteiger partial charge in [0.05, 0.1) is 0 Å². The standard InChI is InChI=1S/C18H24N2/c1-3-4-12-18(16-9-6-5-7-10-16)20-15(2)17-11-8-13-19-14-17/h5-11,13-15,18,20H,3-4,12H2,1-2H3. The molecule has 0 bridgehead atoms. The average Bonchev–Trinajstić information content (AvgIpc) is 2.53. The van der Waals surface area contributed by atoms with Gasteiger partial charge in [0.1, 0.15) is 0 Å². The fourth-order valence-electron chi connectivity index (χ4n) is 2.47. The topological polar surface area (TPSA) is 24.9 Å². The Morgan fingerprint density at radius 3 is 2.45 bits per heavy atom. The van der Waals surface area contributed by atoms with Crippen LogP contribution in [0.5, 0.6) is 0 Å². The predicted octanol–water partition coefficient (Wildman–Crippen LogP) is 4.66. The normalized spacial score (nSPS) is 13.9. The Labute approximate surface area is 122 Å². The number of hydrogen-bond donors (Lipinski definition) is 1. The molecule has 0 radical (unpaired) electrons. The van der Waals surface area contributed by atoms with Gasteiger partial charge in [0.2, 0.25) is 0 Å². The van der Waals surface area contributed by atoms with Crippen LogP contribution in [0.15, 0.2) is 54.9 Å². The summed E-state index contributed by atoms with van der Waals surface area (Å²) in [7, 11) is 0. The van der Waals surface area contributed by atoms with Crippen LogP contribution in [-0.2, 0) is 0 Å². The third-order valence-corrected chi connectivity index (χ3v) is 3.68. The maximum absolute atomic E-state index is 4.21. The summed E-state index contributed by atoms with van der Waals surface area (Å²) < 4.78 is 0. The molecule has 0 amide bonds. The maximum Gasteiger partial charge on any atom is 0.0325 e. The highest BCUT2D eigenvalue weighted by molar-refractivity contribution is 5.20. The summed E-state index contributed by atoms with van der Waals surface area (Å²) in [6, 6.07) is 15.6. The smallest absolute Gasteiger partial charge is 0.0325 e. The van der Waals surface area contributed by atoms with Crippen LogP contribution in [0.25, 0.3) is 0 Å². The van der Waals surface area contributed by atoms with Crippen LogP contribution in [0, 0.1) is 0 Å². The Hall–Kier alpha value is -1.67. The van der Waals surface area contributed by atoms with Crippen molar-refractivity contribution < 1.29 is 0 Å². The first-order chi connectivity index (χ1) is 9.81. The number of nitrogens with one attached hydrogen (secondary N) is 1. The molecule has 0 aliphatic heterocycles. The van der Waals surface area contributed by atoms with E-state index in [0.717, 1.165) is 0 Å². The second-order valence-corrected chi connectivity index (χ2v) is 5.28. The van der Waals surface area contributed by atoms with Crippen molar-refractivity contribution in [3.8, 4) is 0 Å². The van der Waals surface area contributed by atoms with E-state index in [-0.39, 0.29) is 0 Å². The Morgan fingerprint density at radius 1 is 1.05 bits per heavy atom. The van der Waals surface area contributed by atoms with Gasteiger partial charge in [0.25, 0.3) is 0 Å². The van der Waals surface area contributed by atoms with Crippen molar-refractivity contribution in [2.24, 2.45) is 0 Å². The number of hydrogen-bond acceptors (Lipinski definition) is 2. The van der Waals surface area contributed by atoms with E-state index in [2.05, 4.69) is 60.5 Å². The number of benzene rings is 1. The van der Waals surface area contributed by atoms with E-state index in [1.165, 1.54) is 30.4 Å². The zero-order valence-corrected chi connectivity index (χ0v) is 12.4. The molecule has 20 heavy (non-hydrogen) atoms. The molecule has 0 spiro atoms. The van der Waals surface area contributed by atoms with Gasteiger partial charge < -0.3 is 5.32 Å². The molecule has 2 nitrogen and oxygen atoms in total. The molecule has 2 rings (SSSR count). The van der Waals surface area contributed by atoms with E-state index in [1.807, 2.05) is 18.5 Å². The van der Waals surface area contributed by atoms with Gasteiger partial charge in [-0.05, 0) is 30.5 Å². The number of rotatable bonds is 7. The summed E-state index contributed by atoms with van der Waals surface area (Å²) in [6.45, 7) is 4.45. The van der Waals surface area contributed by atoms with Gasteiger partial charge >= 0.3 is 0 Å². The first-order valence-electron chi connectivity index (χ1n) is 7.52. The molecular formula is C18H24N2. The third kappa shape index (κ3) is 4.17. The predicted molar refractivity (Wildman–Crippen MR) is 84.5 cm³/mol. The highest BCUT2D eigenvalue weighted by Crippen LogP contribution is 2.23. The minimum absolute atomic E-state index is 0.311. The van der Waals surface area contributed by atoms with Crippen LogP contribution < -0.4 is 5.32 Å². The summed E-state index contributed by atoms with van der Waals surface area (Å²) in [5.41, 5.74) is 2.61. The zero-order valence-electron chi connectivity index (χ0n) is 12.4. The van der Waals surface area contributed by atoms with E-state index in [4.69, 9.17) is 0 Å². The summed E-state index contributed by atoms with van der Waals surface area (Å²) >= 11 is 0. The summed E-state index contributed by atoms with van der Waals surface area (Å²) in [5, 5.41) is 3.74. The van der Waals surface area contributed by atoms with E-state index in [1.54, 1.807) is 0 Å². The van der Waals surface area contributed by atoms with Crippen LogP contribution in [0.3, 0.4) is 0 Å². The van der Waals surface area contributed by atoms with E-state index < -0.39 is 0 Å². The molecule has 0 aliphatic carbocycles. The van der Waals surface area contributed by atoms with Gasteiger partial charge in [-0.15, -0.1) is 0 Å². The number of unbranched alkanes of at least 4 members (excludes halogenated alkanes) is 1. The first-order valence-corrected chi connectivity index (χ1v) is 7.52. The van der Waals surface area contributed by atoms with Crippen molar-refractivity contribution in [3.05, 3.63) is 66.0 Å². The quantitative estimate of drug-likeness (QED) is 0.789. The fraction of sp³-hybridized carbons (Fsp3) is 0.389. The number of aromatic nitrogens is 1. The number of nitrogens with zero attached hydrogens (tertiary/aromatic N) is 1. The lowest BCUT2D eigenvalue weighted by molar-refractivity contribution is 0.431. The third-order valence-electron chi connectivity index (χ3n) is 3.68. The minimum Gasteiger partial charge on any atom is -0.303 e. The monoisotopic (exact) mass is 268 g/mol. The highest BCUT2D eigenvalue weighted by atomic mass is 14.9. The van der Waals surface area contributed by atoms with Crippen molar-refractivity contribution in [1.82, 2.24) is 10.3 Å². The molecule has 2 aromatic rings. The van der Waals surface area contributed by atoms with Gasteiger partial charge in [-0.25, -0.2) is 0 Å². The van der Waals surface area contributed by atoms with Crippen LogP contribution in [0.4, 0.5) is 0 Å². The molecule has 0 saturated carbocycles. The second-order valence-electron chi connectivity index (χ2n) is 5.28. The van der Waals surface area contributed by atoms with Crippen molar-refractivity contribution in [2.45, 2.75) is 45.2 Å². The van der Waals surface area contributed by atoms with Crippen LogP contribution >= 0.6 is 0 Å². The number of pyridine rings is 1. The summed E-state index contributed by atoms with van der Waals surface area (Å²) in [6.07, 6.45) is 7.41. The molecular weight excluding hydrogens is 244 g/mol. The largest absolute Gasteiger partial charge is 0.303 e. The SMILES string of the molecule is CCCCC(NC(C)c1cccnc1)c1ccccc1. The van der Waals surface area contributed by atoms with Crippen molar-refractivity contribution >= 4 is 0 Å². The van der Waals surface area contributed by atoms with Gasteiger partial charge in [0.15, 0.2) is 0 Å². The van der Waals surface area contributed by atoms with E-state index in [0.29, 0.717) is 12.1 Å². The van der Waals surface area contributed by atoms with Crippen molar-refractivity contribution in [2.75, 3.05) is 0 Å². The zero-order chi connectivity index (χ0) is 14.2. The lowest BCUT2D eigenvalue weighted by Gasteiger charge is -2.24. The molecule has 1 N–H and O–H groups in total. The Morgan fingerprint density at radius 2 is 1.80 bits per heavy atom. The van der Waals surface area contributed by atoms with E-state index in [9.17, 15) is 0 Å². The Kier molecular flexibility index (Phi) is 5.75. The molecule has 0 aliphatic rings. The lowest BCUT2D eigenvalue weighted by atomic mass is 9.99. The van der Waals surface area contributed by atoms with Crippen LogP contribution in [0.1, 0.15) is 56.3 Å². The van der Waals surface area contributed by atoms with Crippen LogP contribution in [-0.4, -0.2) is 4.98 Å². The van der Waals surface area contributed by atoms with Crippen molar-refractivity contribution in [3.63, 3.8) is 0 Å². The van der Waals surface area contributed by atoms with Crippen molar-refractivity contribution in [1.29, 1.82) is 0 Å². The molecule has 0 saturated heterocycles. The highest BCUT2D eigenvalue weighted by Gasteiger charge is 2.14. The molecule has 2 unspecified atom stereocenters. The van der Waals surface area contributed by atoms with E-state index >= 15 is 0 Å². The minimum atomic E-state index is 0.311. The molecule has 1 heterocycles.